The number of hydrogen-bond donors (Lipinski definition) is 3. The monoisotopic (exact) mass is 255 g/mol. The number of carboxylic acid groups (broad SMARTS) is 1. The third kappa shape index (κ3) is 1.56. The van der Waals surface area contributed by atoms with Gasteiger partial charge in [0.15, 0.2) is 0 Å². The van der Waals surface area contributed by atoms with Crippen LogP contribution < -0.4 is 0 Å². The predicted octanol–water partition coefficient (Wildman–Crippen LogP) is -0.435. The lowest BCUT2D eigenvalue weighted by Crippen LogP contribution is -2.64. The first-order chi connectivity index (χ1) is 8.41. The summed E-state index contributed by atoms with van der Waals surface area (Å²) in [7, 11) is 0. The highest BCUT2D eigenvalue weighted by molar-refractivity contribution is 5.99. The van der Waals surface area contributed by atoms with Crippen LogP contribution in [0.5, 0.6) is 0 Å². The molecule has 0 radical (unpaired) electrons. The Balaban J connectivity index is 2.36. The summed E-state index contributed by atoms with van der Waals surface area (Å²) in [6, 6.07) is -0.323. The maximum absolute atomic E-state index is 11.9. The molecule has 2 aliphatic heterocycles. The van der Waals surface area contributed by atoms with E-state index in [0.717, 1.165) is 0 Å². The lowest BCUT2D eigenvalue weighted by molar-refractivity contribution is -0.163. The molecule has 0 aromatic rings. The summed E-state index contributed by atoms with van der Waals surface area (Å²) in [5, 5.41) is 27.8. The number of fused-ring (bicyclic) bond motifs is 1. The minimum atomic E-state index is -1.13. The van der Waals surface area contributed by atoms with E-state index < -0.39 is 18.0 Å². The largest absolute Gasteiger partial charge is 0.477 e. The quantitative estimate of drug-likeness (QED) is 0.592. The van der Waals surface area contributed by atoms with Crippen molar-refractivity contribution in [1.82, 2.24) is 4.90 Å². The first kappa shape index (κ1) is 13.0. The fraction of sp³-hybridized carbons (Fsp3) is 0.667. The number of amides is 1. The average molecular weight is 255 g/mol. The van der Waals surface area contributed by atoms with Crippen molar-refractivity contribution in [1.29, 1.82) is 0 Å². The molecule has 0 aromatic carbocycles. The van der Waals surface area contributed by atoms with E-state index in [0.29, 0.717) is 12.0 Å². The van der Waals surface area contributed by atoms with Gasteiger partial charge in [0.1, 0.15) is 5.70 Å². The van der Waals surface area contributed by atoms with Crippen molar-refractivity contribution < 1.29 is 24.9 Å². The van der Waals surface area contributed by atoms with Crippen molar-refractivity contribution in [3.63, 3.8) is 0 Å². The van der Waals surface area contributed by atoms with Crippen LogP contribution in [0, 0.1) is 11.8 Å². The highest BCUT2D eigenvalue weighted by Crippen LogP contribution is 2.48. The molecule has 3 N–H and O–H groups in total. The first-order valence-corrected chi connectivity index (χ1v) is 5.97. The Kier molecular flexibility index (Phi) is 3.16. The Morgan fingerprint density at radius 1 is 1.50 bits per heavy atom. The molecule has 1 amide bonds. The van der Waals surface area contributed by atoms with Crippen LogP contribution in [0.3, 0.4) is 0 Å². The van der Waals surface area contributed by atoms with E-state index in [1.807, 2.05) is 0 Å². The van der Waals surface area contributed by atoms with Crippen molar-refractivity contribution in [3.8, 4) is 0 Å². The molecule has 0 bridgehead atoms. The molecule has 0 spiro atoms. The minimum absolute atomic E-state index is 0.0142. The minimum Gasteiger partial charge on any atom is -0.477 e. The second kappa shape index (κ2) is 4.37. The SMILES string of the molecule is CC1=C(C(=O)O)N2C(=O)[C@H]([C@@H](C)O)[C@H]2[C@H]1CCO. The predicted molar refractivity (Wildman–Crippen MR) is 61.3 cm³/mol. The summed E-state index contributed by atoms with van der Waals surface area (Å²) in [5.74, 6) is -2.21. The van der Waals surface area contributed by atoms with Crippen LogP contribution >= 0.6 is 0 Å². The van der Waals surface area contributed by atoms with Gasteiger partial charge in [-0.2, -0.15) is 0 Å². The number of aliphatic hydroxyl groups excluding tert-OH is 2. The van der Waals surface area contributed by atoms with Crippen LogP contribution in [0.2, 0.25) is 0 Å². The molecule has 0 saturated carbocycles. The maximum Gasteiger partial charge on any atom is 0.352 e. The van der Waals surface area contributed by atoms with E-state index >= 15 is 0 Å². The average Bonchev–Trinajstić information content (AvgIpc) is 2.50. The highest BCUT2D eigenvalue weighted by Gasteiger charge is 2.59. The molecule has 100 valence electrons. The van der Waals surface area contributed by atoms with E-state index in [2.05, 4.69) is 0 Å². The standard InChI is InChI=1S/C12H17NO5/c1-5-7(3-4-14)10-8(6(2)15)11(16)13(10)9(5)12(17)18/h6-8,10,14-15H,3-4H2,1-2H3,(H,17,18)/t6-,7+,8-,10-/m1/s1. The zero-order valence-electron chi connectivity index (χ0n) is 10.3. The Morgan fingerprint density at radius 2 is 2.11 bits per heavy atom. The van der Waals surface area contributed by atoms with Gasteiger partial charge in [0.05, 0.1) is 18.1 Å². The number of hydrogen-bond acceptors (Lipinski definition) is 4. The zero-order valence-corrected chi connectivity index (χ0v) is 10.3. The molecular weight excluding hydrogens is 238 g/mol. The lowest BCUT2D eigenvalue weighted by Gasteiger charge is -2.47. The third-order valence-electron chi connectivity index (χ3n) is 3.93. The Labute approximate surface area is 105 Å². The second-order valence-electron chi connectivity index (χ2n) is 4.92. The molecule has 2 heterocycles. The van der Waals surface area contributed by atoms with Gasteiger partial charge >= 0.3 is 5.97 Å². The number of carbonyl (C=O) groups is 2. The van der Waals surface area contributed by atoms with Crippen LogP contribution in [0.4, 0.5) is 0 Å². The molecule has 0 aromatic heterocycles. The van der Waals surface area contributed by atoms with Gasteiger partial charge in [-0.05, 0) is 25.8 Å². The Bertz CT molecular complexity index is 428. The molecule has 2 rings (SSSR count). The first-order valence-electron chi connectivity index (χ1n) is 5.97. The maximum atomic E-state index is 11.9. The van der Waals surface area contributed by atoms with E-state index in [9.17, 15) is 14.7 Å². The molecule has 6 nitrogen and oxygen atoms in total. The van der Waals surface area contributed by atoms with Crippen LogP contribution in [0.1, 0.15) is 20.3 Å². The number of rotatable bonds is 4. The third-order valence-corrected chi connectivity index (χ3v) is 3.93. The number of aliphatic carboxylic acids is 1. The van der Waals surface area contributed by atoms with Gasteiger partial charge in [-0.25, -0.2) is 4.79 Å². The van der Waals surface area contributed by atoms with Crippen molar-refractivity contribution in [2.75, 3.05) is 6.61 Å². The summed E-state index contributed by atoms with van der Waals surface area (Å²) >= 11 is 0. The molecule has 4 atom stereocenters. The molecule has 6 heteroatoms. The second-order valence-corrected chi connectivity index (χ2v) is 4.92. The summed E-state index contributed by atoms with van der Waals surface area (Å²) in [6.07, 6.45) is -0.402. The molecule has 18 heavy (non-hydrogen) atoms. The molecule has 1 fully saturated rings. The van der Waals surface area contributed by atoms with Gasteiger partial charge in [0, 0.05) is 12.5 Å². The number of nitrogens with zero attached hydrogens (tertiary/aromatic N) is 1. The van der Waals surface area contributed by atoms with Crippen molar-refractivity contribution >= 4 is 11.9 Å². The van der Waals surface area contributed by atoms with Gasteiger partial charge in [0.2, 0.25) is 5.91 Å². The fourth-order valence-corrected chi connectivity index (χ4v) is 3.13. The summed E-state index contributed by atoms with van der Waals surface area (Å²) < 4.78 is 0. The lowest BCUT2D eigenvalue weighted by atomic mass is 9.76. The highest BCUT2D eigenvalue weighted by atomic mass is 16.4. The van der Waals surface area contributed by atoms with Crippen LogP contribution in [0.25, 0.3) is 0 Å². The van der Waals surface area contributed by atoms with Gasteiger partial charge in [0.25, 0.3) is 0 Å². The van der Waals surface area contributed by atoms with Crippen molar-refractivity contribution in [2.45, 2.75) is 32.4 Å². The smallest absolute Gasteiger partial charge is 0.352 e. The van der Waals surface area contributed by atoms with Gasteiger partial charge < -0.3 is 20.2 Å². The number of carbonyl (C=O) groups excluding carboxylic acids is 1. The van der Waals surface area contributed by atoms with Crippen molar-refractivity contribution in [2.24, 2.45) is 11.8 Å². The summed E-state index contributed by atoms with van der Waals surface area (Å²) in [6.45, 7) is 3.14. The number of aliphatic hydroxyl groups is 2. The van der Waals surface area contributed by atoms with Crippen molar-refractivity contribution in [3.05, 3.63) is 11.3 Å². The normalized spacial score (nSPS) is 32.3. The topological polar surface area (TPSA) is 98.1 Å². The van der Waals surface area contributed by atoms with Crippen LogP contribution in [-0.4, -0.2) is 50.8 Å². The zero-order chi connectivity index (χ0) is 13.6. The molecule has 0 aliphatic carbocycles. The van der Waals surface area contributed by atoms with Gasteiger partial charge in [-0.3, -0.25) is 4.79 Å². The molecule has 1 saturated heterocycles. The molecular formula is C12H17NO5. The van der Waals surface area contributed by atoms with E-state index in [-0.39, 0.29) is 30.2 Å². The number of carboxylic acids is 1. The van der Waals surface area contributed by atoms with Gasteiger partial charge in [-0.1, -0.05) is 0 Å². The molecule has 2 aliphatic rings. The summed E-state index contributed by atoms with van der Waals surface area (Å²) in [4.78, 5) is 24.4. The molecule has 0 unspecified atom stereocenters. The fourth-order valence-electron chi connectivity index (χ4n) is 3.13. The van der Waals surface area contributed by atoms with E-state index in [4.69, 9.17) is 10.2 Å². The Hall–Kier alpha value is -1.40. The number of β-lactam (4-membered cyclic amide) rings is 1. The van der Waals surface area contributed by atoms with E-state index in [1.54, 1.807) is 6.92 Å². The van der Waals surface area contributed by atoms with E-state index in [1.165, 1.54) is 11.8 Å². The van der Waals surface area contributed by atoms with Crippen LogP contribution in [0.15, 0.2) is 11.3 Å². The Morgan fingerprint density at radius 3 is 2.56 bits per heavy atom. The van der Waals surface area contributed by atoms with Crippen LogP contribution in [-0.2, 0) is 9.59 Å². The van der Waals surface area contributed by atoms with Gasteiger partial charge in [-0.15, -0.1) is 0 Å². The summed E-state index contributed by atoms with van der Waals surface area (Å²) in [5.41, 5.74) is 0.624.